The number of anilines is 1. The normalized spacial score (nSPS) is 16.2. The molecule has 4 aromatic rings. The summed E-state index contributed by atoms with van der Waals surface area (Å²) in [6, 6.07) is 19.3. The zero-order valence-electron chi connectivity index (χ0n) is 20.6. The second-order valence-corrected chi connectivity index (χ2v) is 11.8. The lowest BCUT2D eigenvalue weighted by Gasteiger charge is -2.26. The highest BCUT2D eigenvalue weighted by atomic mass is 32.2. The van der Waals surface area contributed by atoms with Crippen molar-refractivity contribution < 1.29 is 9.53 Å². The summed E-state index contributed by atoms with van der Waals surface area (Å²) in [5.41, 5.74) is 2.77. The third-order valence-corrected chi connectivity index (χ3v) is 8.60. The molecule has 6 nitrogen and oxygen atoms in total. The number of carbonyl (C=O) groups excluding carboxylic acids is 1. The Kier molecular flexibility index (Phi) is 7.27. The average Bonchev–Trinajstić information content (AvgIpc) is 3.25. The molecule has 0 aliphatic carbocycles. The van der Waals surface area contributed by atoms with Gasteiger partial charge in [0.2, 0.25) is 5.91 Å². The summed E-state index contributed by atoms with van der Waals surface area (Å²) < 4.78 is 7.78. The molecular formula is C28H29N3O3S2. The highest BCUT2D eigenvalue weighted by Gasteiger charge is 2.29. The molecule has 2 aromatic carbocycles. The third kappa shape index (κ3) is 5.12. The van der Waals surface area contributed by atoms with Crippen LogP contribution in [0.1, 0.15) is 36.8 Å². The minimum absolute atomic E-state index is 0.0519. The van der Waals surface area contributed by atoms with Crippen LogP contribution in [0.15, 0.2) is 70.6 Å². The standard InChI is InChI=1S/C28H29N3O3S2/c1-17(2)22-14-21-23(16-34-22)36-26-24(21)27(33)31(15-19-10-6-4-7-11-19)28(30-26)35-18(3)25(32)29-20-12-8-5-9-13-20/h4-13,17-18,22H,14-16H2,1-3H3,(H,29,32)/t18-,22-/m1/s1. The van der Waals surface area contributed by atoms with Crippen molar-refractivity contribution in [3.63, 3.8) is 0 Å². The number of hydrogen-bond donors (Lipinski definition) is 1. The number of fused-ring (bicyclic) bond motifs is 3. The molecule has 1 aliphatic rings. The molecule has 0 radical (unpaired) electrons. The van der Waals surface area contributed by atoms with Gasteiger partial charge in [0.15, 0.2) is 5.16 Å². The quantitative estimate of drug-likeness (QED) is 0.250. The van der Waals surface area contributed by atoms with Crippen molar-refractivity contribution in [3.05, 3.63) is 87.0 Å². The van der Waals surface area contributed by atoms with Crippen LogP contribution in [0.4, 0.5) is 5.69 Å². The molecule has 0 spiro atoms. The first-order chi connectivity index (χ1) is 17.4. The largest absolute Gasteiger partial charge is 0.372 e. The fourth-order valence-electron chi connectivity index (χ4n) is 4.34. The van der Waals surface area contributed by atoms with Gasteiger partial charge in [0.1, 0.15) is 4.83 Å². The summed E-state index contributed by atoms with van der Waals surface area (Å²) in [5.74, 6) is 0.233. The molecule has 2 atom stereocenters. The monoisotopic (exact) mass is 519 g/mol. The van der Waals surface area contributed by atoms with Gasteiger partial charge in [0.05, 0.1) is 29.9 Å². The predicted molar refractivity (Wildman–Crippen MR) is 147 cm³/mol. The molecular weight excluding hydrogens is 490 g/mol. The van der Waals surface area contributed by atoms with Crippen LogP contribution in [-0.4, -0.2) is 26.8 Å². The zero-order chi connectivity index (χ0) is 25.2. The van der Waals surface area contributed by atoms with Crippen LogP contribution in [0, 0.1) is 5.92 Å². The van der Waals surface area contributed by atoms with Crippen molar-refractivity contribution in [1.29, 1.82) is 0 Å². The topological polar surface area (TPSA) is 73.2 Å². The number of amides is 1. The zero-order valence-corrected chi connectivity index (χ0v) is 22.2. The Balaban J connectivity index is 1.53. The van der Waals surface area contributed by atoms with E-state index in [1.807, 2.05) is 67.6 Å². The SMILES string of the molecule is CC(C)[C@H]1Cc2c(sc3nc(S[C@H](C)C(=O)Nc4ccccc4)n(Cc4ccccc4)c(=O)c23)CO1. The predicted octanol–water partition coefficient (Wildman–Crippen LogP) is 5.72. The molecule has 0 fully saturated rings. The van der Waals surface area contributed by atoms with Crippen LogP contribution in [0.25, 0.3) is 10.2 Å². The van der Waals surface area contributed by atoms with E-state index < -0.39 is 5.25 Å². The van der Waals surface area contributed by atoms with Crippen LogP contribution in [0.5, 0.6) is 0 Å². The van der Waals surface area contributed by atoms with Gasteiger partial charge in [-0.1, -0.05) is 74.1 Å². The van der Waals surface area contributed by atoms with Crippen LogP contribution in [-0.2, 0) is 29.1 Å². The minimum atomic E-state index is -0.445. The molecule has 1 N–H and O–H groups in total. The van der Waals surface area contributed by atoms with E-state index in [1.165, 1.54) is 23.1 Å². The smallest absolute Gasteiger partial charge is 0.263 e. The number of benzene rings is 2. The van der Waals surface area contributed by atoms with Gasteiger partial charge in [-0.2, -0.15) is 0 Å². The summed E-state index contributed by atoms with van der Waals surface area (Å²) in [6.45, 7) is 7.04. The third-order valence-electron chi connectivity index (χ3n) is 6.41. The molecule has 0 saturated heterocycles. The summed E-state index contributed by atoms with van der Waals surface area (Å²) in [7, 11) is 0. The Labute approximate surface area is 218 Å². The second-order valence-electron chi connectivity index (χ2n) is 9.37. The number of hydrogen-bond acceptors (Lipinski definition) is 6. The highest BCUT2D eigenvalue weighted by Crippen LogP contribution is 2.36. The van der Waals surface area contributed by atoms with Gasteiger partial charge in [-0.05, 0) is 36.1 Å². The molecule has 186 valence electrons. The number of nitrogens with one attached hydrogen (secondary N) is 1. The van der Waals surface area contributed by atoms with Gasteiger partial charge >= 0.3 is 0 Å². The molecule has 3 heterocycles. The van der Waals surface area contributed by atoms with E-state index in [0.29, 0.717) is 29.6 Å². The molecule has 1 aliphatic heterocycles. The lowest BCUT2D eigenvalue weighted by Crippen LogP contribution is -2.29. The lowest BCUT2D eigenvalue weighted by atomic mass is 9.96. The molecule has 36 heavy (non-hydrogen) atoms. The van der Waals surface area contributed by atoms with Crippen molar-refractivity contribution >= 4 is 44.9 Å². The average molecular weight is 520 g/mol. The molecule has 5 rings (SSSR count). The van der Waals surface area contributed by atoms with Gasteiger partial charge in [-0.15, -0.1) is 11.3 Å². The first-order valence-electron chi connectivity index (χ1n) is 12.1. The molecule has 0 saturated carbocycles. The summed E-state index contributed by atoms with van der Waals surface area (Å²) in [4.78, 5) is 33.7. The Hall–Kier alpha value is -2.94. The van der Waals surface area contributed by atoms with Crippen molar-refractivity contribution in [2.75, 3.05) is 5.32 Å². The number of ether oxygens (including phenoxy) is 1. The molecule has 1 amide bonds. The van der Waals surface area contributed by atoms with Gasteiger partial charge in [-0.3, -0.25) is 14.2 Å². The van der Waals surface area contributed by atoms with E-state index in [1.54, 1.807) is 4.57 Å². The highest BCUT2D eigenvalue weighted by molar-refractivity contribution is 8.00. The Morgan fingerprint density at radius 2 is 1.83 bits per heavy atom. The van der Waals surface area contributed by atoms with Gasteiger partial charge in [0.25, 0.3) is 5.56 Å². The Morgan fingerprint density at radius 3 is 2.53 bits per heavy atom. The summed E-state index contributed by atoms with van der Waals surface area (Å²) >= 11 is 2.84. The molecule has 0 bridgehead atoms. The number of carbonyl (C=O) groups is 1. The van der Waals surface area contributed by atoms with E-state index in [0.717, 1.165) is 32.9 Å². The van der Waals surface area contributed by atoms with E-state index in [9.17, 15) is 9.59 Å². The van der Waals surface area contributed by atoms with Gasteiger partial charge in [0, 0.05) is 17.0 Å². The Bertz CT molecular complexity index is 1430. The lowest BCUT2D eigenvalue weighted by molar-refractivity contribution is -0.115. The van der Waals surface area contributed by atoms with Crippen molar-refractivity contribution in [2.45, 2.75) is 56.9 Å². The number of para-hydroxylation sites is 1. The van der Waals surface area contributed by atoms with Crippen molar-refractivity contribution in [3.8, 4) is 0 Å². The van der Waals surface area contributed by atoms with Crippen LogP contribution < -0.4 is 10.9 Å². The maximum atomic E-state index is 14.0. The number of aromatic nitrogens is 2. The summed E-state index contributed by atoms with van der Waals surface area (Å²) in [6.07, 6.45) is 0.811. The minimum Gasteiger partial charge on any atom is -0.372 e. The number of thioether (sulfide) groups is 1. The second kappa shape index (κ2) is 10.6. The van der Waals surface area contributed by atoms with E-state index in [2.05, 4.69) is 19.2 Å². The van der Waals surface area contributed by atoms with Crippen molar-refractivity contribution in [2.24, 2.45) is 5.92 Å². The fourth-order valence-corrected chi connectivity index (χ4v) is 6.41. The molecule has 2 aromatic heterocycles. The number of rotatable bonds is 7. The van der Waals surface area contributed by atoms with E-state index in [-0.39, 0.29) is 17.6 Å². The van der Waals surface area contributed by atoms with Crippen LogP contribution in [0.2, 0.25) is 0 Å². The maximum absolute atomic E-state index is 14.0. The van der Waals surface area contributed by atoms with Crippen molar-refractivity contribution in [1.82, 2.24) is 9.55 Å². The van der Waals surface area contributed by atoms with Crippen LogP contribution in [0.3, 0.4) is 0 Å². The summed E-state index contributed by atoms with van der Waals surface area (Å²) in [5, 5.41) is 3.75. The van der Waals surface area contributed by atoms with Gasteiger partial charge < -0.3 is 10.1 Å². The number of thiophene rings is 1. The van der Waals surface area contributed by atoms with E-state index >= 15 is 0 Å². The maximum Gasteiger partial charge on any atom is 0.263 e. The van der Waals surface area contributed by atoms with Crippen LogP contribution >= 0.6 is 23.1 Å². The van der Waals surface area contributed by atoms with E-state index in [4.69, 9.17) is 9.72 Å². The first-order valence-corrected chi connectivity index (χ1v) is 13.8. The van der Waals surface area contributed by atoms with Gasteiger partial charge in [-0.25, -0.2) is 4.98 Å². The fraction of sp³-hybridized carbons (Fsp3) is 0.321. The first kappa shape index (κ1) is 24.7. The molecule has 0 unspecified atom stereocenters. The Morgan fingerprint density at radius 1 is 1.14 bits per heavy atom. The molecule has 8 heteroatoms. The number of nitrogens with zero attached hydrogens (tertiary/aromatic N) is 2.